The molecular formula is C25H19N3. The van der Waals surface area contributed by atoms with Gasteiger partial charge in [0.15, 0.2) is 0 Å². The van der Waals surface area contributed by atoms with Crippen LogP contribution in [-0.4, -0.2) is 14.5 Å². The largest absolute Gasteiger partial charge is 0.307 e. The van der Waals surface area contributed by atoms with E-state index in [0.29, 0.717) is 0 Å². The Bertz CT molecular complexity index is 1380. The lowest BCUT2D eigenvalue weighted by Gasteiger charge is -2.23. The van der Waals surface area contributed by atoms with Crippen LogP contribution in [0.25, 0.3) is 38.8 Å². The average molecular weight is 361 g/mol. The predicted octanol–water partition coefficient (Wildman–Crippen LogP) is 5.88. The first-order valence-corrected chi connectivity index (χ1v) is 9.61. The van der Waals surface area contributed by atoms with Crippen LogP contribution in [0.4, 0.5) is 0 Å². The minimum Gasteiger partial charge on any atom is -0.307 e. The van der Waals surface area contributed by atoms with Gasteiger partial charge in [-0.15, -0.1) is 0 Å². The van der Waals surface area contributed by atoms with Gasteiger partial charge in [0.25, 0.3) is 0 Å². The first-order valence-electron chi connectivity index (χ1n) is 9.61. The molecule has 0 saturated heterocycles. The second-order valence-electron chi connectivity index (χ2n) is 7.97. The van der Waals surface area contributed by atoms with Gasteiger partial charge in [0.2, 0.25) is 0 Å². The van der Waals surface area contributed by atoms with Crippen LogP contribution in [0.3, 0.4) is 0 Å². The number of para-hydroxylation sites is 1. The van der Waals surface area contributed by atoms with Crippen molar-refractivity contribution in [1.29, 1.82) is 0 Å². The minimum atomic E-state index is -0.0910. The van der Waals surface area contributed by atoms with Gasteiger partial charge in [0.1, 0.15) is 0 Å². The molecule has 0 bridgehead atoms. The Kier molecular flexibility index (Phi) is 2.95. The fourth-order valence-electron chi connectivity index (χ4n) is 4.90. The van der Waals surface area contributed by atoms with E-state index in [1.54, 1.807) is 0 Å². The smallest absolute Gasteiger partial charge is 0.0967 e. The molecule has 5 aromatic rings. The number of pyridine rings is 2. The lowest BCUT2D eigenvalue weighted by atomic mass is 9.82. The van der Waals surface area contributed by atoms with Crippen molar-refractivity contribution in [3.63, 3.8) is 0 Å². The van der Waals surface area contributed by atoms with E-state index >= 15 is 0 Å². The highest BCUT2D eigenvalue weighted by Gasteiger charge is 2.38. The van der Waals surface area contributed by atoms with Crippen LogP contribution >= 0.6 is 0 Å². The number of fused-ring (bicyclic) bond motifs is 7. The number of nitrogens with zero attached hydrogens (tertiary/aromatic N) is 3. The zero-order valence-electron chi connectivity index (χ0n) is 15.8. The summed E-state index contributed by atoms with van der Waals surface area (Å²) < 4.78 is 2.35. The third-order valence-electron chi connectivity index (χ3n) is 6.11. The summed E-state index contributed by atoms with van der Waals surface area (Å²) in [7, 11) is 0. The SMILES string of the molecule is CC1(C)c2ccccc2-c2cnc3c4ccccc4n(-c4ccncc4)c3c21. The van der Waals surface area contributed by atoms with E-state index in [2.05, 4.69) is 90.3 Å². The number of hydrogen-bond acceptors (Lipinski definition) is 2. The molecule has 2 aromatic carbocycles. The van der Waals surface area contributed by atoms with E-state index in [1.165, 1.54) is 38.7 Å². The van der Waals surface area contributed by atoms with Crippen molar-refractivity contribution < 1.29 is 0 Å². The van der Waals surface area contributed by atoms with Crippen LogP contribution in [0.15, 0.2) is 79.3 Å². The summed E-state index contributed by atoms with van der Waals surface area (Å²) in [5.74, 6) is 0. The van der Waals surface area contributed by atoms with E-state index in [1.807, 2.05) is 12.4 Å². The third kappa shape index (κ3) is 1.83. The molecule has 3 nitrogen and oxygen atoms in total. The summed E-state index contributed by atoms with van der Waals surface area (Å²) in [5, 5.41) is 1.18. The van der Waals surface area contributed by atoms with Crippen LogP contribution in [0, 0.1) is 0 Å². The molecule has 0 fully saturated rings. The van der Waals surface area contributed by atoms with Crippen molar-refractivity contribution in [3.05, 3.63) is 90.4 Å². The topological polar surface area (TPSA) is 30.7 Å². The molecule has 0 amide bonds. The average Bonchev–Trinajstić information content (AvgIpc) is 3.19. The summed E-state index contributed by atoms with van der Waals surface area (Å²) in [6.45, 7) is 4.65. The van der Waals surface area contributed by atoms with Gasteiger partial charge in [0.05, 0.1) is 16.6 Å². The zero-order chi connectivity index (χ0) is 18.9. The predicted molar refractivity (Wildman–Crippen MR) is 114 cm³/mol. The van der Waals surface area contributed by atoms with Crippen LogP contribution in [0.1, 0.15) is 25.0 Å². The van der Waals surface area contributed by atoms with Gasteiger partial charge in [-0.1, -0.05) is 56.3 Å². The maximum atomic E-state index is 4.96. The quantitative estimate of drug-likeness (QED) is 0.373. The molecule has 0 N–H and O–H groups in total. The van der Waals surface area contributed by atoms with Gasteiger partial charge in [-0.25, -0.2) is 0 Å². The molecule has 0 atom stereocenters. The monoisotopic (exact) mass is 361 g/mol. The summed E-state index contributed by atoms with van der Waals surface area (Å²) in [4.78, 5) is 9.18. The zero-order valence-corrected chi connectivity index (χ0v) is 15.8. The summed E-state index contributed by atoms with van der Waals surface area (Å²) in [6, 6.07) is 21.4. The molecule has 0 spiro atoms. The molecule has 1 aliphatic rings. The van der Waals surface area contributed by atoms with E-state index in [0.717, 1.165) is 11.2 Å². The van der Waals surface area contributed by atoms with Crippen LogP contribution in [0.5, 0.6) is 0 Å². The van der Waals surface area contributed by atoms with Gasteiger partial charge >= 0.3 is 0 Å². The maximum Gasteiger partial charge on any atom is 0.0967 e. The molecule has 0 unspecified atom stereocenters. The van der Waals surface area contributed by atoms with Gasteiger partial charge < -0.3 is 4.57 Å². The van der Waals surface area contributed by atoms with Crippen molar-refractivity contribution in [2.24, 2.45) is 0 Å². The highest BCUT2D eigenvalue weighted by atomic mass is 15.0. The Hall–Kier alpha value is -3.46. The number of benzene rings is 2. The Morgan fingerprint density at radius 3 is 2.43 bits per heavy atom. The first-order chi connectivity index (χ1) is 13.7. The molecular weight excluding hydrogens is 342 g/mol. The van der Waals surface area contributed by atoms with E-state index in [4.69, 9.17) is 4.98 Å². The first kappa shape index (κ1) is 15.6. The van der Waals surface area contributed by atoms with Gasteiger partial charge in [0, 0.05) is 40.6 Å². The van der Waals surface area contributed by atoms with Crippen LogP contribution in [0.2, 0.25) is 0 Å². The molecule has 0 aliphatic heterocycles. The van der Waals surface area contributed by atoms with Gasteiger partial charge in [-0.05, 0) is 34.9 Å². The highest BCUT2D eigenvalue weighted by Crippen LogP contribution is 2.52. The minimum absolute atomic E-state index is 0.0910. The van der Waals surface area contributed by atoms with Crippen molar-refractivity contribution >= 4 is 21.9 Å². The second kappa shape index (κ2) is 5.29. The molecule has 3 heterocycles. The molecule has 3 aromatic heterocycles. The molecule has 0 radical (unpaired) electrons. The lowest BCUT2D eigenvalue weighted by molar-refractivity contribution is 0.663. The molecule has 28 heavy (non-hydrogen) atoms. The lowest BCUT2D eigenvalue weighted by Crippen LogP contribution is -2.16. The van der Waals surface area contributed by atoms with Crippen molar-refractivity contribution in [1.82, 2.24) is 14.5 Å². The number of hydrogen-bond donors (Lipinski definition) is 0. The number of rotatable bonds is 1. The summed E-state index contributed by atoms with van der Waals surface area (Å²) >= 11 is 0. The molecule has 0 saturated carbocycles. The maximum absolute atomic E-state index is 4.96. The fraction of sp³-hybridized carbons (Fsp3) is 0.120. The van der Waals surface area contributed by atoms with Gasteiger partial charge in [-0.3, -0.25) is 9.97 Å². The van der Waals surface area contributed by atoms with Crippen LogP contribution in [-0.2, 0) is 5.41 Å². The fourth-order valence-corrected chi connectivity index (χ4v) is 4.90. The number of aromatic nitrogens is 3. The van der Waals surface area contributed by atoms with Crippen molar-refractivity contribution in [3.8, 4) is 16.8 Å². The Labute approximate surface area is 163 Å². The van der Waals surface area contributed by atoms with Gasteiger partial charge in [-0.2, -0.15) is 0 Å². The molecule has 134 valence electrons. The molecule has 1 aliphatic carbocycles. The standard InChI is InChI=1S/C25H19N3/c1-25(2)20-9-5-3-7-17(20)19-15-27-23-18-8-4-6-10-21(18)28(24(23)22(19)25)16-11-13-26-14-12-16/h3-15H,1-2H3. The van der Waals surface area contributed by atoms with E-state index < -0.39 is 0 Å². The van der Waals surface area contributed by atoms with Crippen molar-refractivity contribution in [2.75, 3.05) is 0 Å². The highest BCUT2D eigenvalue weighted by molar-refractivity contribution is 6.10. The summed E-state index contributed by atoms with van der Waals surface area (Å²) in [5.41, 5.74) is 9.72. The summed E-state index contributed by atoms with van der Waals surface area (Å²) in [6.07, 6.45) is 5.77. The normalized spacial score (nSPS) is 14.4. The molecule has 6 rings (SSSR count). The second-order valence-corrected chi connectivity index (χ2v) is 7.97. The Morgan fingerprint density at radius 1 is 0.821 bits per heavy atom. The van der Waals surface area contributed by atoms with E-state index in [9.17, 15) is 0 Å². The molecule has 3 heteroatoms. The van der Waals surface area contributed by atoms with E-state index in [-0.39, 0.29) is 5.41 Å². The Balaban J connectivity index is 1.86. The van der Waals surface area contributed by atoms with Crippen LogP contribution < -0.4 is 0 Å². The van der Waals surface area contributed by atoms with Crippen molar-refractivity contribution in [2.45, 2.75) is 19.3 Å². The Morgan fingerprint density at radius 2 is 1.57 bits per heavy atom. The third-order valence-corrected chi connectivity index (χ3v) is 6.11.